The zero-order valence-electron chi connectivity index (χ0n) is 19.2. The summed E-state index contributed by atoms with van der Waals surface area (Å²) in [4.78, 5) is 34.6. The number of ether oxygens (including phenoxy) is 1. The number of morpholine rings is 1. The Bertz CT molecular complexity index is 987. The summed E-state index contributed by atoms with van der Waals surface area (Å²) in [5, 5.41) is 1.41. The van der Waals surface area contributed by atoms with Gasteiger partial charge < -0.3 is 9.64 Å². The lowest BCUT2D eigenvalue weighted by Crippen LogP contribution is -2.58. The van der Waals surface area contributed by atoms with E-state index in [1.165, 1.54) is 5.01 Å². The molecule has 0 spiro atoms. The Balaban J connectivity index is 1.54. The molecule has 0 radical (unpaired) electrons. The lowest BCUT2D eigenvalue weighted by molar-refractivity contribution is -0.127. The molecule has 1 saturated heterocycles. The van der Waals surface area contributed by atoms with Gasteiger partial charge in [-0.05, 0) is 31.5 Å². The van der Waals surface area contributed by atoms with Gasteiger partial charge in [0.25, 0.3) is 11.8 Å². The minimum atomic E-state index is -0.218. The third-order valence-corrected chi connectivity index (χ3v) is 5.95. The Morgan fingerprint density at radius 1 is 1.12 bits per heavy atom. The molecule has 8 nitrogen and oxygen atoms in total. The molecule has 2 heterocycles. The highest BCUT2D eigenvalue weighted by Gasteiger charge is 2.31. The van der Waals surface area contributed by atoms with E-state index in [9.17, 15) is 9.59 Å². The van der Waals surface area contributed by atoms with E-state index in [0.29, 0.717) is 25.4 Å². The number of amidine groups is 1. The number of carbonyl (C=O) groups is 2. The van der Waals surface area contributed by atoms with E-state index >= 15 is 0 Å². The van der Waals surface area contributed by atoms with Gasteiger partial charge in [0.2, 0.25) is 5.84 Å². The van der Waals surface area contributed by atoms with Crippen molar-refractivity contribution in [1.82, 2.24) is 15.2 Å². The van der Waals surface area contributed by atoms with Gasteiger partial charge in [-0.25, -0.2) is 5.01 Å². The van der Waals surface area contributed by atoms with Crippen LogP contribution in [0.2, 0.25) is 0 Å². The van der Waals surface area contributed by atoms with Gasteiger partial charge in [0.1, 0.15) is 6.54 Å². The SMILES string of the molecule is Cc1ccc(N2NC(C(=O)N(Cc3ccccc3)C(C)CN3CCOCC3)=NCC2=O)cc1. The second-order valence-corrected chi connectivity index (χ2v) is 8.52. The Morgan fingerprint density at radius 2 is 1.82 bits per heavy atom. The highest BCUT2D eigenvalue weighted by molar-refractivity contribution is 6.39. The van der Waals surface area contributed by atoms with E-state index in [-0.39, 0.29) is 30.2 Å². The normalized spacial score (nSPS) is 17.8. The summed E-state index contributed by atoms with van der Waals surface area (Å²) >= 11 is 0. The quantitative estimate of drug-likeness (QED) is 0.700. The van der Waals surface area contributed by atoms with Crippen molar-refractivity contribution in [3.05, 3.63) is 65.7 Å². The predicted octanol–water partition coefficient (Wildman–Crippen LogP) is 1.99. The van der Waals surface area contributed by atoms with Crippen LogP contribution in [0.4, 0.5) is 5.69 Å². The molecule has 1 atom stereocenters. The van der Waals surface area contributed by atoms with Crippen LogP contribution in [0, 0.1) is 6.92 Å². The zero-order valence-corrected chi connectivity index (χ0v) is 19.2. The number of benzene rings is 2. The molecule has 174 valence electrons. The molecule has 0 aromatic heterocycles. The molecule has 33 heavy (non-hydrogen) atoms. The fraction of sp³-hybridized carbons (Fsp3) is 0.400. The van der Waals surface area contributed by atoms with Crippen molar-refractivity contribution < 1.29 is 14.3 Å². The summed E-state index contributed by atoms with van der Waals surface area (Å²) in [6.45, 7) is 8.31. The average Bonchev–Trinajstić information content (AvgIpc) is 2.84. The lowest BCUT2D eigenvalue weighted by atomic mass is 10.1. The maximum Gasteiger partial charge on any atom is 0.291 e. The molecule has 2 aromatic rings. The third-order valence-electron chi connectivity index (χ3n) is 5.95. The maximum absolute atomic E-state index is 13.7. The van der Waals surface area contributed by atoms with Crippen molar-refractivity contribution in [2.45, 2.75) is 26.4 Å². The zero-order chi connectivity index (χ0) is 23.2. The van der Waals surface area contributed by atoms with E-state index in [4.69, 9.17) is 4.74 Å². The van der Waals surface area contributed by atoms with E-state index in [1.54, 1.807) is 0 Å². The first-order chi connectivity index (χ1) is 16.0. The molecule has 1 N–H and O–H groups in total. The van der Waals surface area contributed by atoms with Crippen LogP contribution in [0.5, 0.6) is 0 Å². The Hall–Kier alpha value is -3.23. The Labute approximate surface area is 194 Å². The Kier molecular flexibility index (Phi) is 7.36. The van der Waals surface area contributed by atoms with Crippen molar-refractivity contribution >= 4 is 23.3 Å². The molecular weight excluding hydrogens is 418 g/mol. The van der Waals surface area contributed by atoms with E-state index in [1.807, 2.05) is 66.4 Å². The first-order valence-electron chi connectivity index (χ1n) is 11.4. The molecule has 0 bridgehead atoms. The van der Waals surface area contributed by atoms with Crippen LogP contribution >= 0.6 is 0 Å². The van der Waals surface area contributed by atoms with Crippen LogP contribution in [0.1, 0.15) is 18.1 Å². The van der Waals surface area contributed by atoms with Crippen LogP contribution in [0.15, 0.2) is 59.6 Å². The number of hydrazine groups is 1. The van der Waals surface area contributed by atoms with Gasteiger partial charge in [0.05, 0.1) is 18.9 Å². The van der Waals surface area contributed by atoms with Crippen LogP contribution in [0.25, 0.3) is 0 Å². The molecule has 1 fully saturated rings. The minimum Gasteiger partial charge on any atom is -0.379 e. The molecule has 2 aromatic carbocycles. The number of aryl methyl sites for hydroxylation is 1. The minimum absolute atomic E-state index is 0.0502. The second kappa shape index (κ2) is 10.6. The fourth-order valence-corrected chi connectivity index (χ4v) is 4.04. The number of amides is 2. The highest BCUT2D eigenvalue weighted by Crippen LogP contribution is 2.17. The number of anilines is 1. The van der Waals surface area contributed by atoms with Crippen molar-refractivity contribution in [1.29, 1.82) is 0 Å². The van der Waals surface area contributed by atoms with E-state index in [2.05, 4.69) is 22.2 Å². The number of aliphatic imine (C=N–C) groups is 1. The standard InChI is InChI=1S/C25H31N5O3/c1-19-8-10-22(11-9-19)30-23(31)16-26-24(27-30)25(32)29(18-21-6-4-3-5-7-21)20(2)17-28-12-14-33-15-13-28/h3-11,20H,12-18H2,1-2H3,(H,26,27). The summed E-state index contributed by atoms with van der Waals surface area (Å²) in [5.74, 6) is -0.240. The lowest BCUT2D eigenvalue weighted by Gasteiger charge is -2.36. The smallest absolute Gasteiger partial charge is 0.291 e. The monoisotopic (exact) mass is 449 g/mol. The van der Waals surface area contributed by atoms with Gasteiger partial charge in [-0.3, -0.25) is 24.9 Å². The number of nitrogens with one attached hydrogen (secondary N) is 1. The van der Waals surface area contributed by atoms with E-state index < -0.39 is 0 Å². The van der Waals surface area contributed by atoms with Gasteiger partial charge in [0, 0.05) is 32.2 Å². The average molecular weight is 450 g/mol. The predicted molar refractivity (Wildman–Crippen MR) is 128 cm³/mol. The number of carbonyl (C=O) groups excluding carboxylic acids is 2. The van der Waals surface area contributed by atoms with Gasteiger partial charge in [0.15, 0.2) is 0 Å². The van der Waals surface area contributed by atoms with E-state index in [0.717, 1.165) is 30.8 Å². The summed E-state index contributed by atoms with van der Waals surface area (Å²) in [5.41, 5.74) is 5.80. The van der Waals surface area contributed by atoms with Crippen LogP contribution in [-0.2, 0) is 20.9 Å². The topological polar surface area (TPSA) is 77.5 Å². The number of hydrogen-bond acceptors (Lipinski definition) is 6. The van der Waals surface area contributed by atoms with Crippen molar-refractivity contribution in [3.63, 3.8) is 0 Å². The molecule has 4 rings (SSSR count). The first-order valence-corrected chi connectivity index (χ1v) is 11.4. The van der Waals surface area contributed by atoms with Crippen LogP contribution in [-0.4, -0.2) is 72.9 Å². The highest BCUT2D eigenvalue weighted by atomic mass is 16.5. The molecule has 2 aliphatic rings. The molecule has 2 amide bonds. The molecule has 1 unspecified atom stereocenters. The van der Waals surface area contributed by atoms with Gasteiger partial charge in [-0.1, -0.05) is 48.0 Å². The summed E-state index contributed by atoms with van der Waals surface area (Å²) in [6, 6.07) is 17.5. The molecule has 8 heteroatoms. The van der Waals surface area contributed by atoms with Gasteiger partial charge >= 0.3 is 0 Å². The number of nitrogens with zero attached hydrogens (tertiary/aromatic N) is 4. The molecule has 2 aliphatic heterocycles. The van der Waals surface area contributed by atoms with Crippen molar-refractivity contribution in [2.24, 2.45) is 4.99 Å². The molecular formula is C25H31N5O3. The summed E-state index contributed by atoms with van der Waals surface area (Å²) in [7, 11) is 0. The summed E-state index contributed by atoms with van der Waals surface area (Å²) < 4.78 is 5.46. The third kappa shape index (κ3) is 5.77. The largest absolute Gasteiger partial charge is 0.379 e. The summed E-state index contributed by atoms with van der Waals surface area (Å²) in [6.07, 6.45) is 0. The van der Waals surface area contributed by atoms with Crippen molar-refractivity contribution in [2.75, 3.05) is 44.4 Å². The van der Waals surface area contributed by atoms with Gasteiger partial charge in [-0.15, -0.1) is 0 Å². The Morgan fingerprint density at radius 3 is 2.52 bits per heavy atom. The number of hydrogen-bond donors (Lipinski definition) is 1. The van der Waals surface area contributed by atoms with Crippen molar-refractivity contribution in [3.8, 4) is 0 Å². The number of rotatable bonds is 7. The fourth-order valence-electron chi connectivity index (χ4n) is 4.04. The molecule has 0 aliphatic carbocycles. The molecule has 0 saturated carbocycles. The van der Waals surface area contributed by atoms with Crippen LogP contribution < -0.4 is 10.4 Å². The maximum atomic E-state index is 13.7. The van der Waals surface area contributed by atoms with Gasteiger partial charge in [-0.2, -0.15) is 0 Å². The first kappa shape index (κ1) is 22.9. The van der Waals surface area contributed by atoms with Crippen LogP contribution in [0.3, 0.4) is 0 Å². The second-order valence-electron chi connectivity index (χ2n) is 8.52.